The Morgan fingerprint density at radius 1 is 1.41 bits per heavy atom. The molecule has 0 aliphatic carbocycles. The Bertz CT molecular complexity index is 340. The second kappa shape index (κ2) is 5.72. The van der Waals surface area contributed by atoms with Crippen LogP contribution in [0.25, 0.3) is 0 Å². The standard InChI is InChI=1S/C10H14F3N3O/c1-17-8-2-3-9(15-6-8)16(5-4-14)7-10(11,12)13/h2-3,6H,4-5,7,14H2,1H3. The molecule has 7 heteroatoms. The number of aromatic nitrogens is 1. The van der Waals surface area contributed by atoms with E-state index in [-0.39, 0.29) is 18.9 Å². The Morgan fingerprint density at radius 2 is 2.12 bits per heavy atom. The molecule has 1 heterocycles. The maximum atomic E-state index is 12.3. The van der Waals surface area contributed by atoms with E-state index in [4.69, 9.17) is 10.5 Å². The van der Waals surface area contributed by atoms with E-state index < -0.39 is 12.7 Å². The van der Waals surface area contributed by atoms with Gasteiger partial charge in [-0.2, -0.15) is 13.2 Å². The van der Waals surface area contributed by atoms with Crippen LogP contribution in [0.5, 0.6) is 5.75 Å². The first-order valence-corrected chi connectivity index (χ1v) is 4.98. The van der Waals surface area contributed by atoms with E-state index in [1.807, 2.05) is 0 Å². The van der Waals surface area contributed by atoms with Crippen LogP contribution < -0.4 is 15.4 Å². The van der Waals surface area contributed by atoms with Crippen molar-refractivity contribution in [2.24, 2.45) is 5.73 Å². The van der Waals surface area contributed by atoms with Gasteiger partial charge in [-0.3, -0.25) is 0 Å². The Labute approximate surface area is 97.2 Å². The lowest BCUT2D eigenvalue weighted by Crippen LogP contribution is -2.38. The molecule has 0 saturated heterocycles. The van der Waals surface area contributed by atoms with Gasteiger partial charge in [-0.25, -0.2) is 4.98 Å². The smallest absolute Gasteiger partial charge is 0.405 e. The molecule has 96 valence electrons. The van der Waals surface area contributed by atoms with E-state index in [0.29, 0.717) is 5.75 Å². The zero-order valence-corrected chi connectivity index (χ0v) is 9.37. The fourth-order valence-corrected chi connectivity index (χ4v) is 1.33. The predicted molar refractivity (Wildman–Crippen MR) is 58.1 cm³/mol. The van der Waals surface area contributed by atoms with Crippen LogP contribution in [0.1, 0.15) is 0 Å². The Kier molecular flexibility index (Phi) is 4.56. The average molecular weight is 249 g/mol. The lowest BCUT2D eigenvalue weighted by molar-refractivity contribution is -0.119. The summed E-state index contributed by atoms with van der Waals surface area (Å²) in [6.45, 7) is -0.841. The highest BCUT2D eigenvalue weighted by atomic mass is 19.4. The van der Waals surface area contributed by atoms with Crippen molar-refractivity contribution in [2.45, 2.75) is 6.18 Å². The summed E-state index contributed by atoms with van der Waals surface area (Å²) in [5.74, 6) is 0.724. The molecule has 0 aliphatic rings. The van der Waals surface area contributed by atoms with Gasteiger partial charge in [0.15, 0.2) is 0 Å². The third-order valence-corrected chi connectivity index (χ3v) is 2.05. The molecule has 0 fully saturated rings. The van der Waals surface area contributed by atoms with Crippen molar-refractivity contribution in [2.75, 3.05) is 31.6 Å². The van der Waals surface area contributed by atoms with Crippen molar-refractivity contribution in [1.82, 2.24) is 4.98 Å². The number of pyridine rings is 1. The molecule has 4 nitrogen and oxygen atoms in total. The monoisotopic (exact) mass is 249 g/mol. The summed E-state index contributed by atoms with van der Waals surface area (Å²) < 4.78 is 41.9. The molecule has 0 saturated carbocycles. The Morgan fingerprint density at radius 3 is 2.53 bits per heavy atom. The first-order valence-electron chi connectivity index (χ1n) is 4.98. The molecule has 1 aromatic heterocycles. The van der Waals surface area contributed by atoms with E-state index in [1.54, 1.807) is 6.07 Å². The molecule has 0 spiro atoms. The van der Waals surface area contributed by atoms with Crippen molar-refractivity contribution in [3.63, 3.8) is 0 Å². The van der Waals surface area contributed by atoms with Gasteiger partial charge in [-0.15, -0.1) is 0 Å². The van der Waals surface area contributed by atoms with Gasteiger partial charge in [0.2, 0.25) is 0 Å². The predicted octanol–water partition coefficient (Wildman–Crippen LogP) is 1.42. The molecule has 2 N–H and O–H groups in total. The molecule has 0 amide bonds. The van der Waals surface area contributed by atoms with E-state index >= 15 is 0 Å². The van der Waals surface area contributed by atoms with Gasteiger partial charge in [0, 0.05) is 13.1 Å². The minimum atomic E-state index is -4.28. The van der Waals surface area contributed by atoms with Gasteiger partial charge >= 0.3 is 6.18 Å². The number of nitrogens with two attached hydrogens (primary N) is 1. The highest BCUT2D eigenvalue weighted by Gasteiger charge is 2.31. The van der Waals surface area contributed by atoms with E-state index in [2.05, 4.69) is 4.98 Å². The number of methoxy groups -OCH3 is 1. The first-order chi connectivity index (χ1) is 7.96. The molecule has 17 heavy (non-hydrogen) atoms. The zero-order chi connectivity index (χ0) is 12.9. The van der Waals surface area contributed by atoms with Crippen molar-refractivity contribution in [3.05, 3.63) is 18.3 Å². The van der Waals surface area contributed by atoms with Gasteiger partial charge in [0.05, 0.1) is 13.3 Å². The number of hydrogen-bond acceptors (Lipinski definition) is 4. The van der Waals surface area contributed by atoms with Gasteiger partial charge in [0.1, 0.15) is 18.1 Å². The number of nitrogens with zero attached hydrogens (tertiary/aromatic N) is 2. The van der Waals surface area contributed by atoms with Crippen LogP contribution in [0.15, 0.2) is 18.3 Å². The molecular formula is C10H14F3N3O. The topological polar surface area (TPSA) is 51.4 Å². The largest absolute Gasteiger partial charge is 0.495 e. The maximum Gasteiger partial charge on any atom is 0.405 e. The molecular weight excluding hydrogens is 235 g/mol. The zero-order valence-electron chi connectivity index (χ0n) is 9.37. The van der Waals surface area contributed by atoms with Gasteiger partial charge in [-0.05, 0) is 12.1 Å². The van der Waals surface area contributed by atoms with Crippen molar-refractivity contribution in [1.29, 1.82) is 0 Å². The first kappa shape index (κ1) is 13.6. The average Bonchev–Trinajstić information content (AvgIpc) is 2.27. The Hall–Kier alpha value is -1.50. The van der Waals surface area contributed by atoms with Gasteiger partial charge in [0.25, 0.3) is 0 Å². The second-order valence-electron chi connectivity index (χ2n) is 3.38. The van der Waals surface area contributed by atoms with Crippen LogP contribution in [0.2, 0.25) is 0 Å². The molecule has 0 aromatic carbocycles. The number of alkyl halides is 3. The molecule has 0 unspecified atom stereocenters. The van der Waals surface area contributed by atoms with E-state index in [1.165, 1.54) is 19.4 Å². The van der Waals surface area contributed by atoms with Crippen molar-refractivity contribution < 1.29 is 17.9 Å². The summed E-state index contributed by atoms with van der Waals surface area (Å²) in [6.07, 6.45) is -2.91. The van der Waals surface area contributed by atoms with Gasteiger partial charge < -0.3 is 15.4 Å². The third kappa shape index (κ3) is 4.48. The van der Waals surface area contributed by atoms with E-state index in [0.717, 1.165) is 4.90 Å². The van der Waals surface area contributed by atoms with Crippen molar-refractivity contribution >= 4 is 5.82 Å². The molecule has 0 radical (unpaired) electrons. The summed E-state index contributed by atoms with van der Waals surface area (Å²) >= 11 is 0. The fraction of sp³-hybridized carbons (Fsp3) is 0.500. The summed E-state index contributed by atoms with van der Waals surface area (Å²) in [6, 6.07) is 3.03. The summed E-state index contributed by atoms with van der Waals surface area (Å²) in [5.41, 5.74) is 5.28. The number of halogens is 3. The van der Waals surface area contributed by atoms with Crippen LogP contribution >= 0.6 is 0 Å². The minimum Gasteiger partial charge on any atom is -0.495 e. The fourth-order valence-electron chi connectivity index (χ4n) is 1.33. The number of anilines is 1. The quantitative estimate of drug-likeness (QED) is 0.857. The third-order valence-electron chi connectivity index (χ3n) is 2.05. The minimum absolute atomic E-state index is 0.0961. The van der Waals surface area contributed by atoms with Crippen molar-refractivity contribution in [3.8, 4) is 5.75 Å². The van der Waals surface area contributed by atoms with Crippen LogP contribution in [-0.4, -0.2) is 37.9 Å². The SMILES string of the molecule is COc1ccc(N(CCN)CC(F)(F)F)nc1. The highest BCUT2D eigenvalue weighted by Crippen LogP contribution is 2.21. The van der Waals surface area contributed by atoms with Gasteiger partial charge in [-0.1, -0.05) is 0 Å². The summed E-state index contributed by atoms with van der Waals surface area (Å²) in [4.78, 5) is 4.98. The molecule has 0 bridgehead atoms. The normalized spacial score (nSPS) is 11.4. The summed E-state index contributed by atoms with van der Waals surface area (Å²) in [7, 11) is 1.46. The molecule has 1 rings (SSSR count). The number of rotatable bonds is 5. The lowest BCUT2D eigenvalue weighted by Gasteiger charge is -2.24. The second-order valence-corrected chi connectivity index (χ2v) is 3.38. The highest BCUT2D eigenvalue weighted by molar-refractivity contribution is 5.41. The number of ether oxygens (including phenoxy) is 1. The van der Waals surface area contributed by atoms with Crippen LogP contribution in [0, 0.1) is 0 Å². The Balaban J connectivity index is 2.81. The van der Waals surface area contributed by atoms with Crippen LogP contribution in [0.4, 0.5) is 19.0 Å². The van der Waals surface area contributed by atoms with Crippen LogP contribution in [0.3, 0.4) is 0 Å². The number of hydrogen-bond donors (Lipinski definition) is 1. The summed E-state index contributed by atoms with van der Waals surface area (Å²) in [5, 5.41) is 0. The van der Waals surface area contributed by atoms with Crippen LogP contribution in [-0.2, 0) is 0 Å². The maximum absolute atomic E-state index is 12.3. The van der Waals surface area contributed by atoms with E-state index in [9.17, 15) is 13.2 Å². The molecule has 0 aliphatic heterocycles. The molecule has 0 atom stereocenters. The lowest BCUT2D eigenvalue weighted by atomic mass is 10.3. The molecule has 1 aromatic rings.